The van der Waals surface area contributed by atoms with Gasteiger partial charge in [-0.1, -0.05) is 36.4 Å². The maximum Gasteiger partial charge on any atom is 0.256 e. The van der Waals surface area contributed by atoms with Crippen LogP contribution in [0, 0.1) is 0 Å². The summed E-state index contributed by atoms with van der Waals surface area (Å²) in [5, 5.41) is 3.09. The number of carbonyl (C=O) groups is 1. The monoisotopic (exact) mass is 447 g/mol. The van der Waals surface area contributed by atoms with Crippen LogP contribution in [0.25, 0.3) is 11.4 Å². The minimum atomic E-state index is -0.239. The number of ether oxygens (including phenoxy) is 2. The van der Waals surface area contributed by atoms with Crippen LogP contribution >= 0.6 is 0 Å². The molecular formula is C25H29N5O3. The van der Waals surface area contributed by atoms with E-state index in [2.05, 4.69) is 20.2 Å². The first-order chi connectivity index (χ1) is 16.1. The van der Waals surface area contributed by atoms with E-state index >= 15 is 0 Å². The highest BCUT2D eigenvalue weighted by atomic mass is 16.5. The number of methoxy groups -OCH3 is 2. The Balaban J connectivity index is 1.35. The Kier molecular flexibility index (Phi) is 7.04. The maximum atomic E-state index is 12.8. The van der Waals surface area contributed by atoms with Gasteiger partial charge in [0.2, 0.25) is 0 Å². The van der Waals surface area contributed by atoms with Crippen molar-refractivity contribution in [1.82, 2.24) is 20.2 Å². The van der Waals surface area contributed by atoms with Crippen molar-refractivity contribution in [3.8, 4) is 22.9 Å². The molecule has 4 rings (SSSR count). The number of hydrogen-bond donors (Lipinski definition) is 2. The molecule has 1 aromatic heterocycles. The lowest BCUT2D eigenvalue weighted by atomic mass is 10.0. The fourth-order valence-corrected chi connectivity index (χ4v) is 4.10. The Hall–Kier alpha value is -3.65. The standard InChI is InChI=1S/C25H29N5O3/c1-32-21-9-6-10-22(33-2)20(21)16-30-13-11-18(12-14-30)28-25(31)19-15-27-24(29-23(19)26)17-7-4-3-5-8-17/h3-10,15,18H,11-14,16H2,1-2H3,(H,28,31)(H2,26,27,29). The summed E-state index contributed by atoms with van der Waals surface area (Å²) < 4.78 is 11.0. The average Bonchev–Trinajstić information content (AvgIpc) is 2.85. The summed E-state index contributed by atoms with van der Waals surface area (Å²) in [5.74, 6) is 2.09. The van der Waals surface area contributed by atoms with Crippen LogP contribution in [0.15, 0.2) is 54.7 Å². The predicted molar refractivity (Wildman–Crippen MR) is 127 cm³/mol. The Morgan fingerprint density at radius 2 is 1.73 bits per heavy atom. The molecule has 3 aromatic rings. The molecule has 1 amide bonds. The molecule has 172 valence electrons. The van der Waals surface area contributed by atoms with Gasteiger partial charge in [0.1, 0.15) is 17.3 Å². The molecule has 2 aromatic carbocycles. The summed E-state index contributed by atoms with van der Waals surface area (Å²) >= 11 is 0. The Bertz CT molecular complexity index is 1080. The van der Waals surface area contributed by atoms with E-state index in [4.69, 9.17) is 15.2 Å². The van der Waals surface area contributed by atoms with Gasteiger partial charge in [-0.2, -0.15) is 0 Å². The predicted octanol–water partition coefficient (Wildman–Crippen LogP) is 3.14. The third-order valence-corrected chi connectivity index (χ3v) is 5.93. The van der Waals surface area contributed by atoms with Crippen molar-refractivity contribution in [3.05, 3.63) is 65.9 Å². The fraction of sp³-hybridized carbons (Fsp3) is 0.320. The molecule has 1 aliphatic rings. The van der Waals surface area contributed by atoms with Gasteiger partial charge in [-0.05, 0) is 25.0 Å². The summed E-state index contributed by atoms with van der Waals surface area (Å²) in [6.45, 7) is 2.44. The molecule has 0 saturated carbocycles. The minimum Gasteiger partial charge on any atom is -0.496 e. The first-order valence-corrected chi connectivity index (χ1v) is 11.0. The molecule has 33 heavy (non-hydrogen) atoms. The third kappa shape index (κ3) is 5.23. The topological polar surface area (TPSA) is 103 Å². The number of rotatable bonds is 7. The molecule has 1 fully saturated rings. The number of nitrogens with two attached hydrogens (primary N) is 1. The minimum absolute atomic E-state index is 0.0708. The molecule has 0 bridgehead atoms. The molecule has 0 aliphatic carbocycles. The van der Waals surface area contributed by atoms with E-state index in [1.165, 1.54) is 6.20 Å². The van der Waals surface area contributed by atoms with Gasteiger partial charge in [-0.15, -0.1) is 0 Å². The Morgan fingerprint density at radius 1 is 1.06 bits per heavy atom. The molecule has 2 heterocycles. The van der Waals surface area contributed by atoms with Crippen molar-refractivity contribution in [3.63, 3.8) is 0 Å². The van der Waals surface area contributed by atoms with Gasteiger partial charge >= 0.3 is 0 Å². The Morgan fingerprint density at radius 3 is 2.33 bits per heavy atom. The highest BCUT2D eigenvalue weighted by molar-refractivity contribution is 5.98. The molecule has 8 heteroatoms. The van der Waals surface area contributed by atoms with E-state index in [0.29, 0.717) is 11.4 Å². The lowest BCUT2D eigenvalue weighted by Crippen LogP contribution is -2.44. The van der Waals surface area contributed by atoms with Gasteiger partial charge in [0, 0.05) is 37.4 Å². The number of piperidine rings is 1. The fourth-order valence-electron chi connectivity index (χ4n) is 4.10. The molecule has 1 saturated heterocycles. The van der Waals surface area contributed by atoms with Crippen molar-refractivity contribution >= 4 is 11.7 Å². The number of benzene rings is 2. The smallest absolute Gasteiger partial charge is 0.256 e. The number of hydrogen-bond acceptors (Lipinski definition) is 7. The van der Waals surface area contributed by atoms with E-state index in [1.54, 1.807) is 14.2 Å². The lowest BCUT2D eigenvalue weighted by molar-refractivity contribution is 0.0909. The van der Waals surface area contributed by atoms with E-state index in [1.807, 2.05) is 48.5 Å². The quantitative estimate of drug-likeness (QED) is 0.574. The van der Waals surface area contributed by atoms with Gasteiger partial charge in [0.15, 0.2) is 5.82 Å². The molecule has 8 nitrogen and oxygen atoms in total. The van der Waals surface area contributed by atoms with E-state index in [0.717, 1.165) is 55.1 Å². The normalized spacial score (nSPS) is 14.6. The third-order valence-electron chi connectivity index (χ3n) is 5.93. The summed E-state index contributed by atoms with van der Waals surface area (Å²) in [4.78, 5) is 23.8. The van der Waals surface area contributed by atoms with E-state index in [9.17, 15) is 4.79 Å². The van der Waals surface area contributed by atoms with Crippen LogP contribution < -0.4 is 20.5 Å². The Labute approximate surface area is 193 Å². The lowest BCUT2D eigenvalue weighted by Gasteiger charge is -2.33. The van der Waals surface area contributed by atoms with Gasteiger partial charge < -0.3 is 20.5 Å². The van der Waals surface area contributed by atoms with Crippen LogP contribution in [-0.4, -0.2) is 54.1 Å². The average molecular weight is 448 g/mol. The highest BCUT2D eigenvalue weighted by Crippen LogP contribution is 2.30. The molecule has 1 aliphatic heterocycles. The van der Waals surface area contributed by atoms with Crippen molar-refractivity contribution in [2.24, 2.45) is 0 Å². The van der Waals surface area contributed by atoms with Crippen LogP contribution in [0.3, 0.4) is 0 Å². The van der Waals surface area contributed by atoms with Crippen LogP contribution in [0.4, 0.5) is 5.82 Å². The first kappa shape index (κ1) is 22.5. The number of anilines is 1. The second-order valence-electron chi connectivity index (χ2n) is 8.02. The largest absolute Gasteiger partial charge is 0.496 e. The van der Waals surface area contributed by atoms with Crippen LogP contribution in [0.1, 0.15) is 28.8 Å². The molecular weight excluding hydrogens is 418 g/mol. The zero-order valence-electron chi connectivity index (χ0n) is 19.0. The van der Waals surface area contributed by atoms with Crippen LogP contribution in [0.5, 0.6) is 11.5 Å². The summed E-state index contributed by atoms with van der Waals surface area (Å²) in [7, 11) is 3.34. The molecule has 0 radical (unpaired) electrons. The van der Waals surface area contributed by atoms with Gasteiger partial charge in [-0.3, -0.25) is 9.69 Å². The SMILES string of the molecule is COc1cccc(OC)c1CN1CCC(NC(=O)c2cnc(-c3ccccc3)nc2N)CC1. The number of nitrogens with zero attached hydrogens (tertiary/aromatic N) is 3. The van der Waals surface area contributed by atoms with Crippen molar-refractivity contribution < 1.29 is 14.3 Å². The zero-order valence-corrected chi connectivity index (χ0v) is 19.0. The summed E-state index contributed by atoms with van der Waals surface area (Å²) in [6.07, 6.45) is 3.18. The van der Waals surface area contributed by atoms with Crippen LogP contribution in [-0.2, 0) is 6.54 Å². The number of aromatic nitrogens is 2. The maximum absolute atomic E-state index is 12.8. The number of amides is 1. The summed E-state index contributed by atoms with van der Waals surface area (Å²) in [5.41, 5.74) is 8.28. The van der Waals surface area contributed by atoms with E-state index < -0.39 is 0 Å². The van der Waals surface area contributed by atoms with Gasteiger partial charge in [0.05, 0.1) is 25.3 Å². The van der Waals surface area contributed by atoms with E-state index in [-0.39, 0.29) is 17.8 Å². The van der Waals surface area contributed by atoms with Crippen molar-refractivity contribution in [1.29, 1.82) is 0 Å². The molecule has 0 spiro atoms. The van der Waals surface area contributed by atoms with Gasteiger partial charge in [-0.25, -0.2) is 9.97 Å². The van der Waals surface area contributed by atoms with Crippen molar-refractivity contribution in [2.75, 3.05) is 33.0 Å². The number of carbonyl (C=O) groups excluding carboxylic acids is 1. The van der Waals surface area contributed by atoms with Crippen molar-refractivity contribution in [2.45, 2.75) is 25.4 Å². The van der Waals surface area contributed by atoms with Gasteiger partial charge in [0.25, 0.3) is 5.91 Å². The second kappa shape index (κ2) is 10.3. The van der Waals surface area contributed by atoms with Crippen LogP contribution in [0.2, 0.25) is 0 Å². The number of likely N-dealkylation sites (tertiary alicyclic amines) is 1. The number of nitrogens with one attached hydrogen (secondary N) is 1. The first-order valence-electron chi connectivity index (χ1n) is 11.0. The highest BCUT2D eigenvalue weighted by Gasteiger charge is 2.24. The second-order valence-corrected chi connectivity index (χ2v) is 8.02. The molecule has 3 N–H and O–H groups in total. The summed E-state index contributed by atoms with van der Waals surface area (Å²) in [6, 6.07) is 15.4. The molecule has 0 unspecified atom stereocenters. The molecule has 0 atom stereocenters. The number of nitrogen functional groups attached to an aromatic ring is 1. The zero-order chi connectivity index (χ0) is 23.2.